The zero-order valence-corrected chi connectivity index (χ0v) is 18.1. The van der Waals surface area contributed by atoms with Crippen molar-refractivity contribution >= 4 is 11.6 Å². The highest BCUT2D eigenvalue weighted by Crippen LogP contribution is 2.32. The van der Waals surface area contributed by atoms with E-state index >= 15 is 0 Å². The summed E-state index contributed by atoms with van der Waals surface area (Å²) in [6.45, 7) is 12.9. The molecule has 0 bridgehead atoms. The Labute approximate surface area is 173 Å². The Morgan fingerprint density at radius 3 is 1.97 bits per heavy atom. The third-order valence-electron chi connectivity index (χ3n) is 5.92. The minimum absolute atomic E-state index is 0.148. The van der Waals surface area contributed by atoms with E-state index in [1.165, 1.54) is 16.7 Å². The van der Waals surface area contributed by atoms with Gasteiger partial charge < -0.3 is 10.1 Å². The van der Waals surface area contributed by atoms with Crippen molar-refractivity contribution in [1.29, 1.82) is 0 Å². The quantitative estimate of drug-likeness (QED) is 0.552. The summed E-state index contributed by atoms with van der Waals surface area (Å²) in [6.07, 6.45) is 0. The number of para-hydroxylation sites is 1. The molecule has 0 saturated carbocycles. The predicted molar refractivity (Wildman–Crippen MR) is 120 cm³/mol. The SMILES string of the molecule is Cc1cccc(C(=O)Nc2c(C)c(C)c(C)c(C)c2C)c1OCc1ccccc1. The molecule has 0 aliphatic rings. The topological polar surface area (TPSA) is 38.3 Å². The summed E-state index contributed by atoms with van der Waals surface area (Å²) in [5.74, 6) is 0.482. The van der Waals surface area contributed by atoms with Gasteiger partial charge in [-0.3, -0.25) is 4.79 Å². The lowest BCUT2D eigenvalue weighted by Gasteiger charge is -2.20. The van der Waals surface area contributed by atoms with Crippen molar-refractivity contribution in [3.63, 3.8) is 0 Å². The van der Waals surface area contributed by atoms with Gasteiger partial charge in [-0.2, -0.15) is 0 Å². The van der Waals surface area contributed by atoms with Crippen LogP contribution in [0.5, 0.6) is 5.75 Å². The molecule has 1 N–H and O–H groups in total. The molecule has 3 heteroatoms. The number of carbonyl (C=O) groups excluding carboxylic acids is 1. The molecule has 0 radical (unpaired) electrons. The van der Waals surface area contributed by atoms with Gasteiger partial charge in [0.25, 0.3) is 5.91 Å². The number of ether oxygens (including phenoxy) is 1. The van der Waals surface area contributed by atoms with Gasteiger partial charge in [-0.1, -0.05) is 42.5 Å². The lowest BCUT2D eigenvalue weighted by Crippen LogP contribution is -2.17. The maximum Gasteiger partial charge on any atom is 0.259 e. The summed E-state index contributed by atoms with van der Waals surface area (Å²) < 4.78 is 6.08. The molecular weight excluding hydrogens is 358 g/mol. The van der Waals surface area contributed by atoms with Crippen LogP contribution >= 0.6 is 0 Å². The number of hydrogen-bond donors (Lipinski definition) is 1. The Morgan fingerprint density at radius 2 is 1.34 bits per heavy atom. The fourth-order valence-electron chi connectivity index (χ4n) is 3.62. The number of nitrogens with one attached hydrogen (secondary N) is 1. The van der Waals surface area contributed by atoms with Crippen LogP contribution in [0.2, 0.25) is 0 Å². The molecule has 3 nitrogen and oxygen atoms in total. The highest BCUT2D eigenvalue weighted by molar-refractivity contribution is 6.07. The van der Waals surface area contributed by atoms with E-state index in [4.69, 9.17) is 4.74 Å². The highest BCUT2D eigenvalue weighted by Gasteiger charge is 2.19. The summed E-state index contributed by atoms with van der Waals surface area (Å²) >= 11 is 0. The molecule has 3 rings (SSSR count). The van der Waals surface area contributed by atoms with E-state index < -0.39 is 0 Å². The van der Waals surface area contributed by atoms with Crippen molar-refractivity contribution < 1.29 is 9.53 Å². The van der Waals surface area contributed by atoms with Gasteiger partial charge in [-0.25, -0.2) is 0 Å². The number of amides is 1. The van der Waals surface area contributed by atoms with Crippen LogP contribution in [0.3, 0.4) is 0 Å². The molecule has 29 heavy (non-hydrogen) atoms. The van der Waals surface area contributed by atoms with E-state index in [-0.39, 0.29) is 5.91 Å². The van der Waals surface area contributed by atoms with Crippen LogP contribution in [0.4, 0.5) is 5.69 Å². The van der Waals surface area contributed by atoms with Crippen LogP contribution in [-0.4, -0.2) is 5.91 Å². The molecule has 150 valence electrons. The van der Waals surface area contributed by atoms with Gasteiger partial charge in [-0.05, 0) is 86.6 Å². The van der Waals surface area contributed by atoms with Gasteiger partial charge in [0.1, 0.15) is 12.4 Å². The van der Waals surface area contributed by atoms with Gasteiger partial charge in [0.05, 0.1) is 5.56 Å². The van der Waals surface area contributed by atoms with E-state index in [9.17, 15) is 4.79 Å². The first-order valence-corrected chi connectivity index (χ1v) is 9.96. The first kappa shape index (κ1) is 20.7. The molecule has 0 heterocycles. The van der Waals surface area contributed by atoms with Crippen molar-refractivity contribution in [1.82, 2.24) is 0 Å². The number of carbonyl (C=O) groups is 1. The van der Waals surface area contributed by atoms with E-state index in [1.807, 2.05) is 55.5 Å². The zero-order chi connectivity index (χ0) is 21.1. The molecular formula is C26H29NO2. The Bertz CT molecular complexity index is 1020. The van der Waals surface area contributed by atoms with Crippen LogP contribution in [0, 0.1) is 41.5 Å². The first-order chi connectivity index (χ1) is 13.8. The van der Waals surface area contributed by atoms with Gasteiger partial charge >= 0.3 is 0 Å². The zero-order valence-electron chi connectivity index (χ0n) is 18.1. The van der Waals surface area contributed by atoms with E-state index in [1.54, 1.807) is 0 Å². The van der Waals surface area contributed by atoms with Gasteiger partial charge in [0, 0.05) is 5.69 Å². The van der Waals surface area contributed by atoms with Crippen molar-refractivity contribution in [2.75, 3.05) is 5.32 Å². The van der Waals surface area contributed by atoms with Crippen LogP contribution in [0.25, 0.3) is 0 Å². The minimum Gasteiger partial charge on any atom is -0.488 e. The van der Waals surface area contributed by atoms with Crippen LogP contribution in [0.15, 0.2) is 48.5 Å². The molecule has 0 aliphatic carbocycles. The number of hydrogen-bond acceptors (Lipinski definition) is 2. The largest absolute Gasteiger partial charge is 0.488 e. The Hall–Kier alpha value is -3.07. The summed E-state index contributed by atoms with van der Waals surface area (Å²) in [7, 11) is 0. The van der Waals surface area contributed by atoms with Gasteiger partial charge in [-0.15, -0.1) is 0 Å². The third-order valence-corrected chi connectivity index (χ3v) is 5.92. The average molecular weight is 388 g/mol. The highest BCUT2D eigenvalue weighted by atomic mass is 16.5. The minimum atomic E-state index is -0.148. The molecule has 0 spiro atoms. The molecule has 3 aromatic rings. The number of benzene rings is 3. The molecule has 0 aliphatic heterocycles. The predicted octanol–water partition coefficient (Wildman–Crippen LogP) is 6.37. The van der Waals surface area contributed by atoms with Gasteiger partial charge in [0.2, 0.25) is 0 Å². The Balaban J connectivity index is 1.92. The molecule has 1 amide bonds. The van der Waals surface area contributed by atoms with E-state index in [0.29, 0.717) is 17.9 Å². The molecule has 0 fully saturated rings. The monoisotopic (exact) mass is 387 g/mol. The van der Waals surface area contributed by atoms with Crippen molar-refractivity contribution in [3.8, 4) is 5.75 Å². The van der Waals surface area contributed by atoms with E-state index in [0.717, 1.165) is 27.9 Å². The van der Waals surface area contributed by atoms with Crippen molar-refractivity contribution in [2.45, 2.75) is 48.1 Å². The van der Waals surface area contributed by atoms with Crippen molar-refractivity contribution in [3.05, 3.63) is 93.0 Å². The lowest BCUT2D eigenvalue weighted by atomic mass is 9.93. The van der Waals surface area contributed by atoms with Crippen LogP contribution in [0.1, 0.15) is 49.3 Å². The second kappa shape index (κ2) is 8.52. The second-order valence-electron chi connectivity index (χ2n) is 7.68. The maximum absolute atomic E-state index is 13.2. The molecule has 0 saturated heterocycles. The molecule has 0 atom stereocenters. The fourth-order valence-corrected chi connectivity index (χ4v) is 3.62. The van der Waals surface area contributed by atoms with Crippen LogP contribution < -0.4 is 10.1 Å². The normalized spacial score (nSPS) is 10.7. The summed E-state index contributed by atoms with van der Waals surface area (Å²) in [4.78, 5) is 13.2. The van der Waals surface area contributed by atoms with E-state index in [2.05, 4.69) is 39.9 Å². The van der Waals surface area contributed by atoms with Crippen LogP contribution in [-0.2, 0) is 6.61 Å². The van der Waals surface area contributed by atoms with Crippen molar-refractivity contribution in [2.24, 2.45) is 0 Å². The standard InChI is InChI=1S/C26H29NO2/c1-16-11-10-14-23(25(16)29-15-22-12-8-7-9-13-22)26(28)27-24-20(5)18(3)17(2)19(4)21(24)6/h7-14H,15H2,1-6H3,(H,27,28). The Kier molecular flexibility index (Phi) is 6.07. The summed E-state index contributed by atoms with van der Waals surface area (Å²) in [5.41, 5.74) is 9.39. The average Bonchev–Trinajstić information content (AvgIpc) is 2.73. The van der Waals surface area contributed by atoms with Gasteiger partial charge in [0.15, 0.2) is 0 Å². The fraction of sp³-hybridized carbons (Fsp3) is 0.269. The first-order valence-electron chi connectivity index (χ1n) is 9.96. The smallest absolute Gasteiger partial charge is 0.259 e. The Morgan fingerprint density at radius 1 is 0.759 bits per heavy atom. The second-order valence-corrected chi connectivity index (χ2v) is 7.68. The lowest BCUT2D eigenvalue weighted by molar-refractivity contribution is 0.102. The summed E-state index contributed by atoms with van der Waals surface area (Å²) in [5, 5.41) is 3.15. The summed E-state index contributed by atoms with van der Waals surface area (Å²) in [6, 6.07) is 15.7. The third kappa shape index (κ3) is 4.19. The number of aryl methyl sites for hydroxylation is 1. The number of anilines is 1. The molecule has 0 unspecified atom stereocenters. The molecule has 0 aromatic heterocycles. The molecule has 3 aromatic carbocycles. The maximum atomic E-state index is 13.2. The number of rotatable bonds is 5.